The third-order valence-electron chi connectivity index (χ3n) is 2.79. The van der Waals surface area contributed by atoms with E-state index in [1.807, 2.05) is 44.2 Å². The van der Waals surface area contributed by atoms with Crippen molar-refractivity contribution in [3.8, 4) is 0 Å². The fourth-order valence-corrected chi connectivity index (χ4v) is 1.77. The smallest absolute Gasteiger partial charge is 0.306 e. The number of nitrogens with zero attached hydrogens (tertiary/aromatic N) is 2. The highest BCUT2D eigenvalue weighted by atomic mass is 16.2. The molecule has 1 amide bonds. The molecule has 3 heteroatoms. The highest BCUT2D eigenvalue weighted by Crippen LogP contribution is 2.09. The van der Waals surface area contributed by atoms with Gasteiger partial charge in [-0.15, -0.1) is 0 Å². The molecule has 0 radical (unpaired) electrons. The van der Waals surface area contributed by atoms with Crippen LogP contribution in [0.15, 0.2) is 30.3 Å². The molecule has 0 fully saturated rings. The molecule has 0 aliphatic heterocycles. The first-order valence-corrected chi connectivity index (χ1v) is 5.92. The van der Waals surface area contributed by atoms with Crippen molar-refractivity contribution in [3.63, 3.8) is 0 Å². The SMILES string of the molecule is [C-]#[N+][C@H](Cc1ccccc1)C(=O)N(CC)CC. The molecule has 90 valence electrons. The first-order valence-electron chi connectivity index (χ1n) is 5.92. The van der Waals surface area contributed by atoms with Crippen molar-refractivity contribution in [1.29, 1.82) is 0 Å². The number of rotatable bonds is 5. The molecular weight excluding hydrogens is 212 g/mol. The minimum absolute atomic E-state index is 0.0612. The first-order chi connectivity index (χ1) is 8.22. The maximum atomic E-state index is 12.1. The van der Waals surface area contributed by atoms with Gasteiger partial charge in [-0.05, 0) is 19.4 Å². The summed E-state index contributed by atoms with van der Waals surface area (Å²) in [7, 11) is 0. The molecule has 0 N–H and O–H groups in total. The summed E-state index contributed by atoms with van der Waals surface area (Å²) in [4.78, 5) is 17.2. The zero-order valence-corrected chi connectivity index (χ0v) is 10.4. The normalized spacial score (nSPS) is 11.6. The van der Waals surface area contributed by atoms with E-state index in [0.29, 0.717) is 19.5 Å². The van der Waals surface area contributed by atoms with Crippen LogP contribution in [0.4, 0.5) is 0 Å². The third-order valence-corrected chi connectivity index (χ3v) is 2.79. The molecule has 0 saturated carbocycles. The Labute approximate surface area is 103 Å². The summed E-state index contributed by atoms with van der Waals surface area (Å²) in [5.74, 6) is -0.0612. The lowest BCUT2D eigenvalue weighted by molar-refractivity contribution is -0.131. The maximum Gasteiger partial charge on any atom is 0.306 e. The predicted molar refractivity (Wildman–Crippen MR) is 68.5 cm³/mol. The van der Waals surface area contributed by atoms with E-state index in [9.17, 15) is 4.79 Å². The number of likely N-dealkylation sites (N-methyl/N-ethyl adjacent to an activating group) is 1. The molecule has 0 spiro atoms. The van der Waals surface area contributed by atoms with Gasteiger partial charge in [-0.25, -0.2) is 6.57 Å². The molecule has 1 aromatic carbocycles. The van der Waals surface area contributed by atoms with Crippen LogP contribution in [0.3, 0.4) is 0 Å². The second kappa shape index (κ2) is 6.70. The second-order valence-corrected chi connectivity index (χ2v) is 3.85. The lowest BCUT2D eigenvalue weighted by Crippen LogP contribution is -2.38. The topological polar surface area (TPSA) is 24.7 Å². The van der Waals surface area contributed by atoms with Crippen LogP contribution in [0.2, 0.25) is 0 Å². The van der Waals surface area contributed by atoms with Crippen molar-refractivity contribution in [1.82, 2.24) is 4.90 Å². The maximum absolute atomic E-state index is 12.1. The average molecular weight is 230 g/mol. The van der Waals surface area contributed by atoms with Gasteiger partial charge >= 0.3 is 11.9 Å². The molecule has 1 rings (SSSR count). The highest BCUT2D eigenvalue weighted by molar-refractivity contribution is 5.83. The number of carbonyl (C=O) groups excluding carboxylic acids is 1. The van der Waals surface area contributed by atoms with Crippen molar-refractivity contribution >= 4 is 5.91 Å². The van der Waals surface area contributed by atoms with Crippen molar-refractivity contribution < 1.29 is 4.79 Å². The lowest BCUT2D eigenvalue weighted by atomic mass is 10.1. The Balaban J connectivity index is 2.73. The Hall–Kier alpha value is -1.82. The van der Waals surface area contributed by atoms with Crippen LogP contribution < -0.4 is 0 Å². The van der Waals surface area contributed by atoms with E-state index >= 15 is 0 Å². The van der Waals surface area contributed by atoms with Gasteiger partial charge in [-0.3, -0.25) is 4.79 Å². The van der Waals surface area contributed by atoms with E-state index in [-0.39, 0.29) is 5.91 Å². The fraction of sp³-hybridized carbons (Fsp3) is 0.429. The zero-order chi connectivity index (χ0) is 12.7. The van der Waals surface area contributed by atoms with Crippen molar-refractivity contribution in [2.75, 3.05) is 13.1 Å². The van der Waals surface area contributed by atoms with Gasteiger partial charge in [0.1, 0.15) is 0 Å². The summed E-state index contributed by atoms with van der Waals surface area (Å²) in [5, 5.41) is 0. The van der Waals surface area contributed by atoms with Gasteiger partial charge in [-0.1, -0.05) is 30.3 Å². The second-order valence-electron chi connectivity index (χ2n) is 3.85. The van der Waals surface area contributed by atoms with E-state index in [1.54, 1.807) is 4.90 Å². The van der Waals surface area contributed by atoms with Gasteiger partial charge in [0.2, 0.25) is 0 Å². The van der Waals surface area contributed by atoms with E-state index in [4.69, 9.17) is 6.57 Å². The minimum Gasteiger partial charge on any atom is -0.337 e. The predicted octanol–water partition coefficient (Wildman–Crippen LogP) is 2.39. The van der Waals surface area contributed by atoms with Crippen molar-refractivity contribution in [2.24, 2.45) is 0 Å². The number of benzene rings is 1. The fourth-order valence-electron chi connectivity index (χ4n) is 1.77. The van der Waals surface area contributed by atoms with Gasteiger partial charge < -0.3 is 9.74 Å². The van der Waals surface area contributed by atoms with E-state index in [0.717, 1.165) is 5.56 Å². The Kier molecular flexibility index (Phi) is 5.22. The molecule has 3 nitrogen and oxygen atoms in total. The van der Waals surface area contributed by atoms with E-state index in [2.05, 4.69) is 4.85 Å². The van der Waals surface area contributed by atoms with Crippen LogP contribution in [0.5, 0.6) is 0 Å². The summed E-state index contributed by atoms with van der Waals surface area (Å²) in [6.07, 6.45) is 0.500. The summed E-state index contributed by atoms with van der Waals surface area (Å²) in [5.41, 5.74) is 1.04. The van der Waals surface area contributed by atoms with E-state index in [1.165, 1.54) is 0 Å². The number of hydrogen-bond acceptors (Lipinski definition) is 1. The Morgan fingerprint density at radius 1 is 1.29 bits per heavy atom. The molecule has 0 unspecified atom stereocenters. The van der Waals surface area contributed by atoms with Crippen molar-refractivity contribution in [2.45, 2.75) is 26.3 Å². The number of hydrogen-bond donors (Lipinski definition) is 0. The Morgan fingerprint density at radius 3 is 2.35 bits per heavy atom. The van der Waals surface area contributed by atoms with Gasteiger partial charge in [0.25, 0.3) is 0 Å². The molecule has 1 atom stereocenters. The van der Waals surface area contributed by atoms with Crippen LogP contribution >= 0.6 is 0 Å². The van der Waals surface area contributed by atoms with Gasteiger partial charge in [0.05, 0.1) is 6.42 Å². The summed E-state index contributed by atoms with van der Waals surface area (Å²) < 4.78 is 0. The van der Waals surface area contributed by atoms with Crippen molar-refractivity contribution in [3.05, 3.63) is 47.3 Å². The quantitative estimate of drug-likeness (QED) is 0.713. The Bertz CT molecular complexity index is 390. The van der Waals surface area contributed by atoms with Gasteiger partial charge in [0, 0.05) is 13.1 Å². The van der Waals surface area contributed by atoms with Crippen LogP contribution in [0, 0.1) is 6.57 Å². The molecule has 0 saturated heterocycles. The van der Waals surface area contributed by atoms with Crippen LogP contribution in [0.1, 0.15) is 19.4 Å². The number of amides is 1. The van der Waals surface area contributed by atoms with Crippen LogP contribution in [-0.2, 0) is 11.2 Å². The monoisotopic (exact) mass is 230 g/mol. The van der Waals surface area contributed by atoms with Gasteiger partial charge in [0.15, 0.2) is 0 Å². The molecule has 17 heavy (non-hydrogen) atoms. The van der Waals surface area contributed by atoms with Crippen LogP contribution in [-0.4, -0.2) is 29.9 Å². The van der Waals surface area contributed by atoms with Crippen LogP contribution in [0.25, 0.3) is 4.85 Å². The largest absolute Gasteiger partial charge is 0.337 e. The highest BCUT2D eigenvalue weighted by Gasteiger charge is 2.27. The summed E-state index contributed by atoms with van der Waals surface area (Å²) in [6.45, 7) is 12.4. The minimum atomic E-state index is -0.586. The molecular formula is C14H18N2O. The molecule has 0 bridgehead atoms. The van der Waals surface area contributed by atoms with Gasteiger partial charge in [-0.2, -0.15) is 0 Å². The molecule has 0 aromatic heterocycles. The van der Waals surface area contributed by atoms with E-state index < -0.39 is 6.04 Å². The number of carbonyl (C=O) groups is 1. The Morgan fingerprint density at radius 2 is 1.88 bits per heavy atom. The lowest BCUT2D eigenvalue weighted by Gasteiger charge is -2.19. The molecule has 0 aliphatic carbocycles. The molecule has 0 heterocycles. The third kappa shape index (κ3) is 3.60. The average Bonchev–Trinajstić information content (AvgIpc) is 2.38. The summed E-state index contributed by atoms with van der Waals surface area (Å²) in [6, 6.07) is 9.11. The molecule has 0 aliphatic rings. The first kappa shape index (κ1) is 13.2. The standard InChI is InChI=1S/C14H18N2O/c1-4-16(5-2)14(17)13(15-3)11-12-9-7-6-8-10-12/h6-10,13H,4-5,11H2,1-2H3/t13-/m1/s1. The zero-order valence-electron chi connectivity index (χ0n) is 10.4. The summed E-state index contributed by atoms with van der Waals surface area (Å²) >= 11 is 0. The molecule has 1 aromatic rings.